The number of nitrogens with one attached hydrogen (secondary N) is 3. The van der Waals surface area contributed by atoms with Crippen LogP contribution in [0.4, 0.5) is 0 Å². The molecule has 0 bridgehead atoms. The molecule has 8 heteroatoms. The van der Waals surface area contributed by atoms with Crippen molar-refractivity contribution in [3.05, 3.63) is 29.8 Å². The molecule has 1 aromatic rings. The van der Waals surface area contributed by atoms with Crippen LogP contribution in [-0.2, 0) is 14.8 Å². The lowest BCUT2D eigenvalue weighted by molar-refractivity contribution is -0.120. The summed E-state index contributed by atoms with van der Waals surface area (Å²) in [7, 11) is -1.84. The highest BCUT2D eigenvalue weighted by Crippen LogP contribution is 2.09. The summed E-state index contributed by atoms with van der Waals surface area (Å²) in [6.45, 7) is 2.52. The second-order valence-corrected chi connectivity index (χ2v) is 5.86. The van der Waals surface area contributed by atoms with Crippen LogP contribution < -0.4 is 15.4 Å². The average molecular weight is 322 g/mol. The number of benzene rings is 1. The van der Waals surface area contributed by atoms with Crippen molar-refractivity contribution in [2.75, 3.05) is 26.7 Å². The minimum atomic E-state index is -3.50. The number of carbonyl (C=O) groups is 1. The van der Waals surface area contributed by atoms with Crippen molar-refractivity contribution >= 4 is 28.3 Å². The first-order valence-corrected chi connectivity index (χ1v) is 7.41. The molecule has 1 aromatic carbocycles. The standard InChI is InChI=1S/C12H19N3O3S.ClH/c1-10-3-5-11(6-4-10)19(17,18)15-8-7-14-12(16)9-13-2;/h3-6,13,15H,7-9H2,1-2H3,(H,14,16);1H. The molecule has 0 aliphatic rings. The van der Waals surface area contributed by atoms with Crippen LogP contribution in [0.1, 0.15) is 5.56 Å². The van der Waals surface area contributed by atoms with E-state index in [1.165, 1.54) is 0 Å². The molecule has 0 fully saturated rings. The van der Waals surface area contributed by atoms with Gasteiger partial charge in [-0.1, -0.05) is 17.7 Å². The lowest BCUT2D eigenvalue weighted by atomic mass is 10.2. The van der Waals surface area contributed by atoms with E-state index in [1.54, 1.807) is 31.3 Å². The zero-order valence-electron chi connectivity index (χ0n) is 11.5. The van der Waals surface area contributed by atoms with Crippen molar-refractivity contribution in [3.63, 3.8) is 0 Å². The summed E-state index contributed by atoms with van der Waals surface area (Å²) in [6, 6.07) is 6.58. The zero-order valence-corrected chi connectivity index (χ0v) is 13.1. The first-order valence-electron chi connectivity index (χ1n) is 5.93. The predicted molar refractivity (Wildman–Crippen MR) is 80.6 cm³/mol. The van der Waals surface area contributed by atoms with E-state index in [9.17, 15) is 13.2 Å². The summed E-state index contributed by atoms with van der Waals surface area (Å²) >= 11 is 0. The Balaban J connectivity index is 0.00000361. The third-order valence-corrected chi connectivity index (χ3v) is 3.88. The molecule has 0 unspecified atom stereocenters. The molecule has 0 aromatic heterocycles. The molecule has 0 saturated heterocycles. The molecule has 0 heterocycles. The quantitative estimate of drug-likeness (QED) is 0.618. The van der Waals surface area contributed by atoms with Crippen molar-refractivity contribution < 1.29 is 13.2 Å². The molecule has 0 aliphatic carbocycles. The van der Waals surface area contributed by atoms with Crippen LogP contribution in [0.2, 0.25) is 0 Å². The lowest BCUT2D eigenvalue weighted by Crippen LogP contribution is -2.38. The molecular weight excluding hydrogens is 302 g/mol. The number of aryl methyl sites for hydroxylation is 1. The van der Waals surface area contributed by atoms with Gasteiger partial charge in [-0.25, -0.2) is 13.1 Å². The van der Waals surface area contributed by atoms with Gasteiger partial charge in [-0.05, 0) is 26.1 Å². The molecule has 0 atom stereocenters. The summed E-state index contributed by atoms with van der Waals surface area (Å²) < 4.78 is 26.2. The molecule has 3 N–H and O–H groups in total. The van der Waals surface area contributed by atoms with Crippen molar-refractivity contribution in [3.8, 4) is 0 Å². The number of carbonyl (C=O) groups excluding carboxylic acids is 1. The number of likely N-dealkylation sites (N-methyl/N-ethyl adjacent to an activating group) is 1. The van der Waals surface area contributed by atoms with E-state index in [4.69, 9.17) is 0 Å². The summed E-state index contributed by atoms with van der Waals surface area (Å²) in [4.78, 5) is 11.3. The van der Waals surface area contributed by atoms with Crippen LogP contribution in [0.3, 0.4) is 0 Å². The van der Waals surface area contributed by atoms with Crippen LogP contribution in [-0.4, -0.2) is 41.0 Å². The number of halogens is 1. The normalized spacial score (nSPS) is 10.7. The van der Waals surface area contributed by atoms with Crippen molar-refractivity contribution in [2.45, 2.75) is 11.8 Å². The molecule has 0 radical (unpaired) electrons. The SMILES string of the molecule is CNCC(=O)NCCNS(=O)(=O)c1ccc(C)cc1.Cl. The fourth-order valence-corrected chi connectivity index (χ4v) is 2.44. The van der Waals surface area contributed by atoms with Gasteiger partial charge in [-0.3, -0.25) is 4.79 Å². The molecule has 114 valence electrons. The topological polar surface area (TPSA) is 87.3 Å². The van der Waals surface area contributed by atoms with Gasteiger partial charge in [0.2, 0.25) is 15.9 Å². The zero-order chi connectivity index (χ0) is 14.3. The van der Waals surface area contributed by atoms with E-state index in [0.29, 0.717) is 0 Å². The first-order chi connectivity index (χ1) is 8.95. The Morgan fingerprint density at radius 3 is 2.30 bits per heavy atom. The van der Waals surface area contributed by atoms with E-state index in [0.717, 1.165) is 5.56 Å². The number of hydrogen-bond donors (Lipinski definition) is 3. The average Bonchev–Trinajstić information content (AvgIpc) is 2.36. The van der Waals surface area contributed by atoms with E-state index in [-0.39, 0.29) is 42.8 Å². The fourth-order valence-electron chi connectivity index (χ4n) is 1.41. The Bertz CT molecular complexity index is 517. The largest absolute Gasteiger partial charge is 0.354 e. The first kappa shape index (κ1) is 18.9. The second kappa shape index (κ2) is 8.91. The number of sulfonamides is 1. The van der Waals surface area contributed by atoms with Gasteiger partial charge in [0.15, 0.2) is 0 Å². The third kappa shape index (κ3) is 6.33. The van der Waals surface area contributed by atoms with Crippen molar-refractivity contribution in [2.24, 2.45) is 0 Å². The van der Waals surface area contributed by atoms with E-state index < -0.39 is 10.0 Å². The highest BCUT2D eigenvalue weighted by atomic mass is 35.5. The minimum absolute atomic E-state index is 0. The third-order valence-electron chi connectivity index (χ3n) is 2.41. The molecule has 6 nitrogen and oxygen atoms in total. The summed E-state index contributed by atoms with van der Waals surface area (Å²) in [5, 5.41) is 5.29. The Morgan fingerprint density at radius 1 is 1.15 bits per heavy atom. The maximum atomic E-state index is 11.9. The highest BCUT2D eigenvalue weighted by Gasteiger charge is 2.12. The lowest BCUT2D eigenvalue weighted by Gasteiger charge is -2.08. The van der Waals surface area contributed by atoms with Gasteiger partial charge in [-0.2, -0.15) is 0 Å². The van der Waals surface area contributed by atoms with Crippen LogP contribution in [0.5, 0.6) is 0 Å². The van der Waals surface area contributed by atoms with Gasteiger partial charge >= 0.3 is 0 Å². The van der Waals surface area contributed by atoms with Crippen molar-refractivity contribution in [1.82, 2.24) is 15.4 Å². The molecular formula is C12H20ClN3O3S. The number of hydrogen-bond acceptors (Lipinski definition) is 4. The molecule has 1 amide bonds. The highest BCUT2D eigenvalue weighted by molar-refractivity contribution is 7.89. The van der Waals surface area contributed by atoms with Crippen LogP contribution in [0.15, 0.2) is 29.2 Å². The van der Waals surface area contributed by atoms with Crippen LogP contribution in [0.25, 0.3) is 0 Å². The Labute approximate surface area is 125 Å². The summed E-state index contributed by atoms with van der Waals surface area (Å²) in [5.74, 6) is -0.169. The maximum absolute atomic E-state index is 11.9. The van der Waals surface area contributed by atoms with Gasteiger partial charge in [0.05, 0.1) is 11.4 Å². The van der Waals surface area contributed by atoms with Gasteiger partial charge in [0.25, 0.3) is 0 Å². The predicted octanol–water partition coefficient (Wildman–Crippen LogP) is 0.0307. The van der Waals surface area contributed by atoms with Crippen LogP contribution >= 0.6 is 12.4 Å². The molecule has 0 aliphatic heterocycles. The number of amides is 1. The molecule has 0 spiro atoms. The fraction of sp³-hybridized carbons (Fsp3) is 0.417. The summed E-state index contributed by atoms with van der Waals surface area (Å²) in [5.41, 5.74) is 0.998. The van der Waals surface area contributed by atoms with Gasteiger partial charge in [0, 0.05) is 13.1 Å². The monoisotopic (exact) mass is 321 g/mol. The van der Waals surface area contributed by atoms with Gasteiger partial charge < -0.3 is 10.6 Å². The van der Waals surface area contributed by atoms with Gasteiger partial charge in [-0.15, -0.1) is 12.4 Å². The molecule has 0 saturated carbocycles. The summed E-state index contributed by atoms with van der Waals surface area (Å²) in [6.07, 6.45) is 0. The van der Waals surface area contributed by atoms with E-state index in [2.05, 4.69) is 15.4 Å². The Kier molecular flexibility index (Phi) is 8.40. The van der Waals surface area contributed by atoms with E-state index in [1.807, 2.05) is 6.92 Å². The van der Waals surface area contributed by atoms with Crippen molar-refractivity contribution in [1.29, 1.82) is 0 Å². The minimum Gasteiger partial charge on any atom is -0.354 e. The molecule has 1 rings (SSSR count). The van der Waals surface area contributed by atoms with Crippen LogP contribution in [0, 0.1) is 6.92 Å². The second-order valence-electron chi connectivity index (χ2n) is 4.09. The Morgan fingerprint density at radius 2 is 1.75 bits per heavy atom. The number of rotatable bonds is 7. The Hall–Kier alpha value is -1.15. The van der Waals surface area contributed by atoms with E-state index >= 15 is 0 Å². The molecule has 20 heavy (non-hydrogen) atoms. The smallest absolute Gasteiger partial charge is 0.240 e. The van der Waals surface area contributed by atoms with Gasteiger partial charge in [0.1, 0.15) is 0 Å². The maximum Gasteiger partial charge on any atom is 0.240 e.